The summed E-state index contributed by atoms with van der Waals surface area (Å²) >= 11 is 0. The van der Waals surface area contributed by atoms with Gasteiger partial charge in [0.2, 0.25) is 11.7 Å². The van der Waals surface area contributed by atoms with Gasteiger partial charge in [-0.2, -0.15) is 4.39 Å². The minimum Gasteiger partial charge on any atom is -0.494 e. The second kappa shape index (κ2) is 8.68. The number of rotatable bonds is 2. The van der Waals surface area contributed by atoms with Crippen LogP contribution in [0.25, 0.3) is 10.9 Å². The topological polar surface area (TPSA) is 42.1 Å². The second-order valence-electron chi connectivity index (χ2n) is 7.04. The monoisotopic (exact) mass is 407 g/mol. The number of methoxy groups -OCH3 is 1. The fourth-order valence-electron chi connectivity index (χ4n) is 3.52. The summed E-state index contributed by atoms with van der Waals surface area (Å²) in [5.74, 6) is -4.75. The average Bonchev–Trinajstić information content (AvgIpc) is 2.70. The lowest BCUT2D eigenvalue weighted by Crippen LogP contribution is -2.26. The van der Waals surface area contributed by atoms with Gasteiger partial charge in [0, 0.05) is 41.4 Å². The van der Waals surface area contributed by atoms with E-state index in [-0.39, 0.29) is 29.9 Å². The molecular formula is C22H21F4NO2. The van der Waals surface area contributed by atoms with Crippen LogP contribution in [-0.4, -0.2) is 18.0 Å². The second-order valence-corrected chi connectivity index (χ2v) is 7.04. The van der Waals surface area contributed by atoms with Crippen molar-refractivity contribution in [3.8, 4) is 5.75 Å². The molecule has 1 heterocycles. The SMILES string of the molecule is COc1cccc(F)c1F.O=c1cc([C@H]2CCCC(F)(F)C2)[nH]c2ccccc12. The van der Waals surface area contributed by atoms with E-state index >= 15 is 0 Å². The normalized spacial score (nSPS) is 18.0. The summed E-state index contributed by atoms with van der Waals surface area (Å²) in [7, 11) is 1.29. The molecule has 0 spiro atoms. The first-order chi connectivity index (χ1) is 13.8. The smallest absolute Gasteiger partial charge is 0.248 e. The fraction of sp³-hybridized carbons (Fsp3) is 0.318. The van der Waals surface area contributed by atoms with Crippen LogP contribution in [0.2, 0.25) is 0 Å². The van der Waals surface area contributed by atoms with Crippen molar-refractivity contribution < 1.29 is 22.3 Å². The predicted octanol–water partition coefficient (Wildman–Crippen LogP) is 5.79. The molecular weight excluding hydrogens is 386 g/mol. The molecule has 2 aromatic carbocycles. The molecule has 0 bridgehead atoms. The maximum absolute atomic E-state index is 13.5. The number of alkyl halides is 2. The number of para-hydroxylation sites is 1. The van der Waals surface area contributed by atoms with Crippen molar-refractivity contribution in [3.05, 3.63) is 76.1 Å². The number of fused-ring (bicyclic) bond motifs is 1. The lowest BCUT2D eigenvalue weighted by molar-refractivity contribution is -0.0412. The molecule has 154 valence electrons. The largest absolute Gasteiger partial charge is 0.494 e. The van der Waals surface area contributed by atoms with Crippen LogP contribution in [0.1, 0.15) is 37.3 Å². The van der Waals surface area contributed by atoms with Gasteiger partial charge in [-0.3, -0.25) is 4.79 Å². The van der Waals surface area contributed by atoms with E-state index in [1.807, 2.05) is 6.07 Å². The van der Waals surface area contributed by atoms with Crippen molar-refractivity contribution >= 4 is 10.9 Å². The highest BCUT2D eigenvalue weighted by Crippen LogP contribution is 2.41. The summed E-state index contributed by atoms with van der Waals surface area (Å²) < 4.78 is 56.2. The maximum Gasteiger partial charge on any atom is 0.248 e. The fourth-order valence-corrected chi connectivity index (χ4v) is 3.52. The lowest BCUT2D eigenvalue weighted by Gasteiger charge is -2.28. The van der Waals surface area contributed by atoms with Gasteiger partial charge in [-0.1, -0.05) is 18.2 Å². The molecule has 3 aromatic rings. The number of aromatic nitrogens is 1. The summed E-state index contributed by atoms with van der Waals surface area (Å²) in [4.78, 5) is 15.1. The van der Waals surface area contributed by atoms with Crippen molar-refractivity contribution in [2.75, 3.05) is 7.11 Å². The van der Waals surface area contributed by atoms with E-state index in [1.165, 1.54) is 25.3 Å². The Morgan fingerprint density at radius 2 is 1.86 bits per heavy atom. The van der Waals surface area contributed by atoms with Crippen LogP contribution in [0.4, 0.5) is 17.6 Å². The quantitative estimate of drug-likeness (QED) is 0.546. The van der Waals surface area contributed by atoms with E-state index in [0.29, 0.717) is 23.9 Å². The molecule has 1 aliphatic rings. The van der Waals surface area contributed by atoms with Gasteiger partial charge in [0.1, 0.15) is 0 Å². The van der Waals surface area contributed by atoms with Crippen LogP contribution < -0.4 is 10.2 Å². The number of ether oxygens (including phenoxy) is 1. The third-order valence-corrected chi connectivity index (χ3v) is 4.97. The van der Waals surface area contributed by atoms with E-state index in [0.717, 1.165) is 11.6 Å². The van der Waals surface area contributed by atoms with Crippen LogP contribution in [0, 0.1) is 11.6 Å². The van der Waals surface area contributed by atoms with Crippen molar-refractivity contribution in [1.82, 2.24) is 4.98 Å². The van der Waals surface area contributed by atoms with E-state index in [4.69, 9.17) is 0 Å². The van der Waals surface area contributed by atoms with Crippen LogP contribution >= 0.6 is 0 Å². The zero-order chi connectivity index (χ0) is 21.0. The first-order valence-corrected chi connectivity index (χ1v) is 9.28. The van der Waals surface area contributed by atoms with Crippen LogP contribution in [0.3, 0.4) is 0 Å². The minimum absolute atomic E-state index is 0.0404. The summed E-state index contributed by atoms with van der Waals surface area (Å²) in [5, 5.41) is 0.605. The van der Waals surface area contributed by atoms with Crippen molar-refractivity contribution in [3.63, 3.8) is 0 Å². The third kappa shape index (κ3) is 4.96. The number of hydrogen-bond donors (Lipinski definition) is 1. The zero-order valence-corrected chi connectivity index (χ0v) is 15.9. The molecule has 1 aromatic heterocycles. The molecule has 7 heteroatoms. The Hall–Kier alpha value is -2.83. The molecule has 0 aliphatic heterocycles. The molecule has 4 rings (SSSR count). The van der Waals surface area contributed by atoms with Crippen molar-refractivity contribution in [2.24, 2.45) is 0 Å². The Balaban J connectivity index is 0.000000204. The molecule has 0 saturated heterocycles. The van der Waals surface area contributed by atoms with Crippen LogP contribution in [0.15, 0.2) is 53.3 Å². The first kappa shape index (κ1) is 20.9. The number of H-pyrrole nitrogens is 1. The molecule has 0 amide bonds. The molecule has 3 nitrogen and oxygen atoms in total. The molecule has 1 N–H and O–H groups in total. The molecule has 1 fully saturated rings. The van der Waals surface area contributed by atoms with Gasteiger partial charge in [0.25, 0.3) is 0 Å². The molecule has 1 atom stereocenters. The van der Waals surface area contributed by atoms with Crippen molar-refractivity contribution in [2.45, 2.75) is 37.5 Å². The minimum atomic E-state index is -2.61. The van der Waals surface area contributed by atoms with E-state index in [2.05, 4.69) is 9.72 Å². The Morgan fingerprint density at radius 1 is 1.10 bits per heavy atom. The molecule has 0 radical (unpaired) electrons. The van der Waals surface area contributed by atoms with E-state index in [1.54, 1.807) is 18.2 Å². The average molecular weight is 407 g/mol. The highest BCUT2D eigenvalue weighted by molar-refractivity contribution is 5.78. The van der Waals surface area contributed by atoms with Gasteiger partial charge in [0.15, 0.2) is 17.0 Å². The van der Waals surface area contributed by atoms with Crippen LogP contribution in [0.5, 0.6) is 5.75 Å². The first-order valence-electron chi connectivity index (χ1n) is 9.28. The van der Waals surface area contributed by atoms with Crippen LogP contribution in [-0.2, 0) is 0 Å². The van der Waals surface area contributed by atoms with Gasteiger partial charge >= 0.3 is 0 Å². The predicted molar refractivity (Wildman–Crippen MR) is 104 cm³/mol. The third-order valence-electron chi connectivity index (χ3n) is 4.97. The summed E-state index contributed by atoms with van der Waals surface area (Å²) in [6.07, 6.45) is 1.01. The molecule has 1 saturated carbocycles. The number of aromatic amines is 1. The molecule has 0 unspecified atom stereocenters. The van der Waals surface area contributed by atoms with Gasteiger partial charge in [-0.05, 0) is 37.1 Å². The van der Waals surface area contributed by atoms with E-state index in [9.17, 15) is 22.4 Å². The summed E-state index contributed by atoms with van der Waals surface area (Å²) in [5.41, 5.74) is 1.26. The van der Waals surface area contributed by atoms with Gasteiger partial charge in [-0.25, -0.2) is 13.2 Å². The highest BCUT2D eigenvalue weighted by Gasteiger charge is 2.37. The number of benzene rings is 2. The highest BCUT2D eigenvalue weighted by atomic mass is 19.3. The molecule has 1 aliphatic carbocycles. The maximum atomic E-state index is 13.5. The standard InChI is InChI=1S/C15H15F2NO.C7H6F2O/c16-15(17)7-3-4-10(9-15)13-8-14(19)11-5-1-2-6-12(11)18-13;1-10-6-4-2-3-5(8)7(6)9/h1-2,5-6,8,10H,3-4,7,9H2,(H,18,19);2-4H,1H3/t10-;/m0./s1. The zero-order valence-electron chi connectivity index (χ0n) is 15.9. The Kier molecular flexibility index (Phi) is 6.25. The number of hydrogen-bond acceptors (Lipinski definition) is 2. The number of nitrogens with one attached hydrogen (secondary N) is 1. The van der Waals surface area contributed by atoms with Gasteiger partial charge in [-0.15, -0.1) is 0 Å². The van der Waals surface area contributed by atoms with E-state index < -0.39 is 17.6 Å². The number of halogens is 4. The Bertz CT molecular complexity index is 1050. The van der Waals surface area contributed by atoms with Gasteiger partial charge < -0.3 is 9.72 Å². The summed E-state index contributed by atoms with van der Waals surface area (Å²) in [6, 6.07) is 12.4. The summed E-state index contributed by atoms with van der Waals surface area (Å²) in [6.45, 7) is 0. The van der Waals surface area contributed by atoms with Crippen molar-refractivity contribution in [1.29, 1.82) is 0 Å². The Labute approximate surface area is 165 Å². The number of pyridine rings is 1. The lowest BCUT2D eigenvalue weighted by atomic mass is 9.84. The Morgan fingerprint density at radius 3 is 2.55 bits per heavy atom. The van der Waals surface area contributed by atoms with Gasteiger partial charge in [0.05, 0.1) is 7.11 Å². The molecule has 29 heavy (non-hydrogen) atoms.